The number of allylic oxidation sites excluding steroid dienone is 3. The van der Waals surface area contributed by atoms with Crippen LogP contribution in [0, 0.1) is 0 Å². The second-order valence-electron chi connectivity index (χ2n) is 1.94. The van der Waals surface area contributed by atoms with E-state index in [2.05, 4.69) is 18.0 Å². The Morgan fingerprint density at radius 1 is 1.40 bits per heavy atom. The van der Waals surface area contributed by atoms with E-state index in [-0.39, 0.29) is 0 Å². The van der Waals surface area contributed by atoms with E-state index in [4.69, 9.17) is 0 Å². The van der Waals surface area contributed by atoms with Gasteiger partial charge in [-0.2, -0.15) is 0 Å². The highest BCUT2D eigenvalue weighted by atomic mass is 14.6. The van der Waals surface area contributed by atoms with E-state index in [1.54, 1.807) is 6.21 Å². The molecule has 0 aliphatic carbocycles. The SMILES string of the molecule is CC=N/C=C\C(=C/C)CC. The molecule has 0 aromatic carbocycles. The van der Waals surface area contributed by atoms with E-state index in [0.29, 0.717) is 0 Å². The molecule has 0 saturated carbocycles. The van der Waals surface area contributed by atoms with Gasteiger partial charge >= 0.3 is 0 Å². The fourth-order valence-corrected chi connectivity index (χ4v) is 0.643. The predicted octanol–water partition coefficient (Wildman–Crippen LogP) is 2.95. The van der Waals surface area contributed by atoms with Crippen molar-refractivity contribution < 1.29 is 0 Å². The third kappa shape index (κ3) is 4.07. The Kier molecular flexibility index (Phi) is 5.74. The Hall–Kier alpha value is -0.850. The molecule has 1 nitrogen and oxygen atoms in total. The average molecular weight is 137 g/mol. The van der Waals surface area contributed by atoms with Gasteiger partial charge in [-0.15, -0.1) is 0 Å². The standard InChI is InChI=1S/C9H15N/c1-4-9(5-2)7-8-10-6-3/h4,6-8H,5H2,1-3H3/b8-7-,9-4-,10-6?. The van der Waals surface area contributed by atoms with Gasteiger partial charge in [-0.3, -0.25) is 4.99 Å². The lowest BCUT2D eigenvalue weighted by Gasteiger charge is -1.90. The van der Waals surface area contributed by atoms with E-state index < -0.39 is 0 Å². The Balaban J connectivity index is 3.85. The normalized spacial score (nSPS) is 13.7. The summed E-state index contributed by atoms with van der Waals surface area (Å²) in [6.07, 6.45) is 8.80. The molecule has 0 N–H and O–H groups in total. The molecule has 1 heteroatoms. The molecule has 0 radical (unpaired) electrons. The summed E-state index contributed by atoms with van der Waals surface area (Å²) in [5, 5.41) is 0. The Morgan fingerprint density at radius 3 is 2.50 bits per heavy atom. The van der Waals surface area contributed by atoms with E-state index in [9.17, 15) is 0 Å². The van der Waals surface area contributed by atoms with E-state index in [0.717, 1.165) is 6.42 Å². The first-order valence-electron chi connectivity index (χ1n) is 3.64. The Morgan fingerprint density at radius 2 is 2.10 bits per heavy atom. The summed E-state index contributed by atoms with van der Waals surface area (Å²) in [6.45, 7) is 6.08. The van der Waals surface area contributed by atoms with Crippen LogP contribution in [-0.4, -0.2) is 6.21 Å². The van der Waals surface area contributed by atoms with Gasteiger partial charge in [0, 0.05) is 12.4 Å². The summed E-state index contributed by atoms with van der Waals surface area (Å²) in [5.41, 5.74) is 1.32. The summed E-state index contributed by atoms with van der Waals surface area (Å²) >= 11 is 0. The highest BCUT2D eigenvalue weighted by Crippen LogP contribution is 2.00. The van der Waals surface area contributed by atoms with Gasteiger partial charge in [-0.25, -0.2) is 0 Å². The lowest BCUT2D eigenvalue weighted by atomic mass is 10.2. The van der Waals surface area contributed by atoms with Crippen molar-refractivity contribution in [3.8, 4) is 0 Å². The van der Waals surface area contributed by atoms with Crippen LogP contribution in [-0.2, 0) is 0 Å². The molecule has 0 aromatic rings. The molecule has 0 rings (SSSR count). The van der Waals surface area contributed by atoms with Gasteiger partial charge < -0.3 is 0 Å². The number of hydrogen-bond donors (Lipinski definition) is 0. The van der Waals surface area contributed by atoms with Crippen molar-refractivity contribution in [2.24, 2.45) is 4.99 Å². The summed E-state index contributed by atoms with van der Waals surface area (Å²) in [7, 11) is 0. The molecule has 0 unspecified atom stereocenters. The fourth-order valence-electron chi connectivity index (χ4n) is 0.643. The maximum Gasteiger partial charge on any atom is 0.0266 e. The second kappa shape index (κ2) is 6.27. The van der Waals surface area contributed by atoms with Crippen molar-refractivity contribution in [2.75, 3.05) is 0 Å². The lowest BCUT2D eigenvalue weighted by Crippen LogP contribution is -1.70. The maximum atomic E-state index is 3.96. The van der Waals surface area contributed by atoms with Crippen molar-refractivity contribution in [1.82, 2.24) is 0 Å². The molecular formula is C9H15N. The fraction of sp³-hybridized carbons (Fsp3) is 0.444. The lowest BCUT2D eigenvalue weighted by molar-refractivity contribution is 1.14. The Labute approximate surface area is 63.2 Å². The maximum absolute atomic E-state index is 3.96. The van der Waals surface area contributed by atoms with E-state index in [1.165, 1.54) is 5.57 Å². The van der Waals surface area contributed by atoms with Gasteiger partial charge in [0.15, 0.2) is 0 Å². The molecule has 0 atom stereocenters. The monoisotopic (exact) mass is 137 g/mol. The minimum absolute atomic E-state index is 1.08. The summed E-state index contributed by atoms with van der Waals surface area (Å²) < 4.78 is 0. The molecular weight excluding hydrogens is 122 g/mol. The van der Waals surface area contributed by atoms with Crippen LogP contribution in [0.5, 0.6) is 0 Å². The number of aliphatic imine (C=N–C) groups is 1. The molecule has 0 saturated heterocycles. The van der Waals surface area contributed by atoms with Crippen molar-refractivity contribution in [3.63, 3.8) is 0 Å². The molecule has 56 valence electrons. The molecule has 0 heterocycles. The van der Waals surface area contributed by atoms with Crippen molar-refractivity contribution in [2.45, 2.75) is 27.2 Å². The summed E-state index contributed by atoms with van der Waals surface area (Å²) in [6, 6.07) is 0. The van der Waals surface area contributed by atoms with Crippen LogP contribution in [0.15, 0.2) is 28.9 Å². The molecule has 0 aromatic heterocycles. The van der Waals surface area contributed by atoms with Crippen molar-refractivity contribution in [1.29, 1.82) is 0 Å². The van der Waals surface area contributed by atoms with Crippen LogP contribution >= 0.6 is 0 Å². The second-order valence-corrected chi connectivity index (χ2v) is 1.94. The molecule has 0 fully saturated rings. The first kappa shape index (κ1) is 9.15. The molecule has 0 amide bonds. The third-order valence-corrected chi connectivity index (χ3v) is 1.30. The van der Waals surface area contributed by atoms with Gasteiger partial charge in [0.1, 0.15) is 0 Å². The van der Waals surface area contributed by atoms with Gasteiger partial charge in [0.25, 0.3) is 0 Å². The summed E-state index contributed by atoms with van der Waals surface area (Å²) in [4.78, 5) is 3.96. The van der Waals surface area contributed by atoms with E-state index in [1.807, 2.05) is 26.1 Å². The number of nitrogens with zero attached hydrogens (tertiary/aromatic N) is 1. The zero-order valence-electron chi connectivity index (χ0n) is 6.96. The zero-order chi connectivity index (χ0) is 7.82. The zero-order valence-corrected chi connectivity index (χ0v) is 6.96. The summed E-state index contributed by atoms with van der Waals surface area (Å²) in [5.74, 6) is 0. The molecule has 0 spiro atoms. The van der Waals surface area contributed by atoms with Gasteiger partial charge in [0.2, 0.25) is 0 Å². The quantitative estimate of drug-likeness (QED) is 0.419. The molecule has 10 heavy (non-hydrogen) atoms. The molecule has 0 bridgehead atoms. The van der Waals surface area contributed by atoms with E-state index >= 15 is 0 Å². The smallest absolute Gasteiger partial charge is 0.0266 e. The van der Waals surface area contributed by atoms with Gasteiger partial charge in [-0.1, -0.05) is 18.6 Å². The van der Waals surface area contributed by atoms with Crippen molar-refractivity contribution >= 4 is 6.21 Å². The molecule has 0 aliphatic rings. The van der Waals surface area contributed by atoms with Crippen LogP contribution in [0.2, 0.25) is 0 Å². The van der Waals surface area contributed by atoms with Crippen LogP contribution in [0.1, 0.15) is 27.2 Å². The third-order valence-electron chi connectivity index (χ3n) is 1.30. The van der Waals surface area contributed by atoms with Gasteiger partial charge in [0.05, 0.1) is 0 Å². The highest BCUT2D eigenvalue weighted by molar-refractivity contribution is 5.54. The molecule has 0 aliphatic heterocycles. The van der Waals surface area contributed by atoms with Crippen LogP contribution in [0.25, 0.3) is 0 Å². The van der Waals surface area contributed by atoms with Gasteiger partial charge in [-0.05, 0) is 26.3 Å². The van der Waals surface area contributed by atoms with Crippen molar-refractivity contribution in [3.05, 3.63) is 23.9 Å². The topological polar surface area (TPSA) is 12.4 Å². The highest BCUT2D eigenvalue weighted by Gasteiger charge is 1.80. The number of hydrogen-bond acceptors (Lipinski definition) is 1. The predicted molar refractivity (Wildman–Crippen MR) is 47.4 cm³/mol. The Bertz CT molecular complexity index is 152. The largest absolute Gasteiger partial charge is 0.269 e. The van der Waals surface area contributed by atoms with Crippen LogP contribution in [0.4, 0.5) is 0 Å². The van der Waals surface area contributed by atoms with Crippen LogP contribution in [0.3, 0.4) is 0 Å². The van der Waals surface area contributed by atoms with Crippen LogP contribution < -0.4 is 0 Å². The number of rotatable bonds is 3. The first-order valence-corrected chi connectivity index (χ1v) is 3.64. The average Bonchev–Trinajstić information content (AvgIpc) is 1.99. The minimum atomic E-state index is 1.08. The minimum Gasteiger partial charge on any atom is -0.269 e. The first-order chi connectivity index (χ1) is 4.85.